The number of hydrogen-bond acceptors (Lipinski definition) is 2. The maximum atomic E-state index is 8.84. The zero-order valence-corrected chi connectivity index (χ0v) is 8.82. The summed E-state index contributed by atoms with van der Waals surface area (Å²) in [6.07, 6.45) is 0.395. The van der Waals surface area contributed by atoms with E-state index in [1.165, 1.54) is 0 Å². The van der Waals surface area contributed by atoms with Gasteiger partial charge in [0.05, 0.1) is 0 Å². The van der Waals surface area contributed by atoms with Gasteiger partial charge in [0.1, 0.15) is 0 Å². The molecule has 0 aliphatic heterocycles. The van der Waals surface area contributed by atoms with Crippen molar-refractivity contribution in [1.29, 1.82) is 0 Å². The fourth-order valence-electron chi connectivity index (χ4n) is 0.470. The van der Waals surface area contributed by atoms with Gasteiger partial charge in [0, 0.05) is 32.7 Å². The summed E-state index contributed by atoms with van der Waals surface area (Å²) in [4.78, 5) is 0. The third-order valence-electron chi connectivity index (χ3n) is 0.939. The average Bonchev–Trinajstić information content (AvgIpc) is 2.12. The zero-order chi connectivity index (χ0) is 5.98. The standard InChI is InChI=1S/C6H7OS.Y/c1-5(7)6-2-3-8-4-6;/h2-4,7H,1H3;/q-1;. The predicted molar refractivity (Wildman–Crippen MR) is 34.3 cm³/mol. The van der Waals surface area contributed by atoms with Crippen molar-refractivity contribution < 1.29 is 37.8 Å². The Morgan fingerprint density at radius 3 is 2.56 bits per heavy atom. The summed E-state index contributed by atoms with van der Waals surface area (Å²) in [5.74, 6) is 0. The van der Waals surface area contributed by atoms with E-state index < -0.39 is 0 Å². The maximum absolute atomic E-state index is 8.84. The van der Waals surface area contributed by atoms with Crippen molar-refractivity contribution in [3.05, 3.63) is 28.5 Å². The zero-order valence-electron chi connectivity index (χ0n) is 5.16. The van der Waals surface area contributed by atoms with Gasteiger partial charge in [-0.25, -0.2) is 11.3 Å². The fraction of sp³-hybridized carbons (Fsp3) is 0.167. The van der Waals surface area contributed by atoms with Gasteiger partial charge in [-0.3, -0.25) is 0 Å². The van der Waals surface area contributed by atoms with Crippen LogP contribution in [-0.2, 0) is 32.7 Å². The molecule has 0 saturated carbocycles. The number of aliphatic hydroxyl groups is 1. The minimum absolute atomic E-state index is 0. The molecule has 1 aromatic heterocycles. The first-order valence-electron chi connectivity index (χ1n) is 2.36. The molecule has 1 aromatic rings. The molecule has 1 nitrogen and oxygen atoms in total. The molecule has 47 valence electrons. The SMILES string of the molecule is C[C-](O)c1ccsc1.[Y]. The van der Waals surface area contributed by atoms with Crippen LogP contribution in [0.3, 0.4) is 0 Å². The summed E-state index contributed by atoms with van der Waals surface area (Å²) in [6, 6.07) is 1.89. The van der Waals surface area contributed by atoms with E-state index in [0.29, 0.717) is 6.10 Å². The van der Waals surface area contributed by atoms with Gasteiger partial charge in [-0.15, -0.1) is 5.38 Å². The van der Waals surface area contributed by atoms with E-state index in [-0.39, 0.29) is 32.7 Å². The van der Waals surface area contributed by atoms with Gasteiger partial charge in [0.15, 0.2) is 0 Å². The Hall–Kier alpha value is 0.634. The number of aliphatic hydroxyl groups excluding tert-OH is 1. The third-order valence-corrected chi connectivity index (χ3v) is 1.62. The van der Waals surface area contributed by atoms with Crippen molar-refractivity contribution in [3.63, 3.8) is 0 Å². The molecule has 0 amide bonds. The van der Waals surface area contributed by atoms with Crippen molar-refractivity contribution in [3.8, 4) is 0 Å². The molecule has 0 bridgehead atoms. The molecular formula is C6H7OSY-. The van der Waals surface area contributed by atoms with Crippen LogP contribution in [0.25, 0.3) is 0 Å². The van der Waals surface area contributed by atoms with Crippen molar-refractivity contribution in [2.24, 2.45) is 0 Å². The molecule has 1 radical (unpaired) electrons. The minimum Gasteiger partial charge on any atom is -0.426 e. The van der Waals surface area contributed by atoms with Gasteiger partial charge in [-0.2, -0.15) is 11.6 Å². The van der Waals surface area contributed by atoms with E-state index in [1.54, 1.807) is 18.3 Å². The molecule has 0 aromatic carbocycles. The molecule has 0 aliphatic rings. The van der Waals surface area contributed by atoms with Crippen LogP contribution in [0, 0.1) is 6.10 Å². The Balaban J connectivity index is 0.000000640. The molecule has 1 N–H and O–H groups in total. The van der Waals surface area contributed by atoms with Crippen molar-refractivity contribution in [2.45, 2.75) is 6.92 Å². The summed E-state index contributed by atoms with van der Waals surface area (Å²) in [7, 11) is 0. The van der Waals surface area contributed by atoms with Crippen LogP contribution in [0.1, 0.15) is 12.5 Å². The van der Waals surface area contributed by atoms with E-state index in [0.717, 1.165) is 5.56 Å². The summed E-state index contributed by atoms with van der Waals surface area (Å²) in [5.41, 5.74) is 0.926. The summed E-state index contributed by atoms with van der Waals surface area (Å²) < 4.78 is 0. The average molecular weight is 216 g/mol. The van der Waals surface area contributed by atoms with E-state index in [2.05, 4.69) is 0 Å². The van der Waals surface area contributed by atoms with Gasteiger partial charge >= 0.3 is 0 Å². The number of hydrogen-bond donors (Lipinski definition) is 1. The molecule has 0 unspecified atom stereocenters. The molecule has 0 fully saturated rings. The minimum atomic E-state index is 0. The van der Waals surface area contributed by atoms with Crippen LogP contribution in [0.5, 0.6) is 0 Å². The summed E-state index contributed by atoms with van der Waals surface area (Å²) >= 11 is 1.59. The first kappa shape index (κ1) is 9.63. The Morgan fingerprint density at radius 2 is 2.33 bits per heavy atom. The number of rotatable bonds is 1. The first-order chi connectivity index (χ1) is 3.80. The topological polar surface area (TPSA) is 20.2 Å². The molecule has 0 spiro atoms. The third kappa shape index (κ3) is 2.81. The Kier molecular flexibility index (Phi) is 4.76. The van der Waals surface area contributed by atoms with Gasteiger partial charge in [0.2, 0.25) is 0 Å². The van der Waals surface area contributed by atoms with Gasteiger partial charge in [-0.1, -0.05) is 18.4 Å². The van der Waals surface area contributed by atoms with E-state index in [4.69, 9.17) is 5.11 Å². The van der Waals surface area contributed by atoms with Crippen molar-refractivity contribution in [1.82, 2.24) is 0 Å². The van der Waals surface area contributed by atoms with Gasteiger partial charge in [-0.05, 0) is 0 Å². The number of thiophene rings is 1. The maximum Gasteiger partial charge on any atom is 0 e. The molecule has 0 saturated heterocycles. The van der Waals surface area contributed by atoms with Crippen LogP contribution in [-0.4, -0.2) is 5.11 Å². The summed E-state index contributed by atoms with van der Waals surface area (Å²) in [6.45, 7) is 1.68. The van der Waals surface area contributed by atoms with E-state index in [1.807, 2.05) is 16.8 Å². The fourth-order valence-corrected chi connectivity index (χ4v) is 1.17. The molecule has 0 atom stereocenters. The van der Waals surface area contributed by atoms with Gasteiger partial charge in [0.25, 0.3) is 0 Å². The van der Waals surface area contributed by atoms with Crippen LogP contribution in [0.2, 0.25) is 0 Å². The quantitative estimate of drug-likeness (QED) is 0.712. The predicted octanol–water partition coefficient (Wildman–Crippen LogP) is 2.02. The molecule has 0 aliphatic carbocycles. The molecular weight excluding hydrogens is 209 g/mol. The van der Waals surface area contributed by atoms with E-state index >= 15 is 0 Å². The van der Waals surface area contributed by atoms with Gasteiger partial charge < -0.3 is 5.11 Å². The Bertz CT molecular complexity index is 148. The largest absolute Gasteiger partial charge is 0.426 e. The first-order valence-corrected chi connectivity index (χ1v) is 3.30. The monoisotopic (exact) mass is 216 g/mol. The Labute approximate surface area is 84.0 Å². The van der Waals surface area contributed by atoms with Crippen LogP contribution < -0.4 is 0 Å². The molecule has 1 rings (SSSR count). The molecule has 1 heterocycles. The van der Waals surface area contributed by atoms with Crippen LogP contribution in [0.4, 0.5) is 0 Å². The van der Waals surface area contributed by atoms with Crippen molar-refractivity contribution in [2.75, 3.05) is 0 Å². The normalized spacial score (nSPS) is 8.22. The molecule has 3 heteroatoms. The second-order valence-corrected chi connectivity index (χ2v) is 2.38. The summed E-state index contributed by atoms with van der Waals surface area (Å²) in [5, 5.41) is 12.7. The second-order valence-electron chi connectivity index (χ2n) is 1.60. The van der Waals surface area contributed by atoms with E-state index in [9.17, 15) is 0 Å². The van der Waals surface area contributed by atoms with Crippen LogP contribution >= 0.6 is 11.3 Å². The Morgan fingerprint density at radius 1 is 1.67 bits per heavy atom. The second kappa shape index (κ2) is 4.45. The van der Waals surface area contributed by atoms with Crippen LogP contribution in [0.15, 0.2) is 16.8 Å². The van der Waals surface area contributed by atoms with Crippen molar-refractivity contribution >= 4 is 11.3 Å². The molecule has 9 heavy (non-hydrogen) atoms. The smallest absolute Gasteiger partial charge is 0 e.